The molecule has 1 saturated heterocycles. The SMILES string of the molecule is OC1CCCN(Cc2c(Cl)cccc2Cl)C1. The van der Waals surface area contributed by atoms with Crippen molar-refractivity contribution in [2.45, 2.75) is 25.5 Å². The number of β-amino-alcohol motifs (C(OH)–C–C–N with tert-alkyl or cyclic N) is 1. The van der Waals surface area contributed by atoms with Gasteiger partial charge in [0.2, 0.25) is 0 Å². The fraction of sp³-hybridized carbons (Fsp3) is 0.500. The molecule has 0 spiro atoms. The van der Waals surface area contributed by atoms with Crippen LogP contribution in [0.4, 0.5) is 0 Å². The molecule has 1 aliphatic heterocycles. The highest BCUT2D eigenvalue weighted by molar-refractivity contribution is 6.35. The minimum atomic E-state index is -0.213. The monoisotopic (exact) mass is 259 g/mol. The Balaban J connectivity index is 2.08. The van der Waals surface area contributed by atoms with Crippen LogP contribution in [-0.4, -0.2) is 29.2 Å². The Kier molecular flexibility index (Phi) is 4.09. The van der Waals surface area contributed by atoms with Crippen molar-refractivity contribution in [3.05, 3.63) is 33.8 Å². The third-order valence-corrected chi connectivity index (χ3v) is 3.63. The minimum absolute atomic E-state index is 0.213. The first-order valence-corrected chi connectivity index (χ1v) is 6.25. The summed E-state index contributed by atoms with van der Waals surface area (Å²) in [5.41, 5.74) is 0.958. The molecule has 1 aromatic carbocycles. The van der Waals surface area contributed by atoms with Gasteiger partial charge < -0.3 is 5.11 Å². The van der Waals surface area contributed by atoms with Crippen LogP contribution in [0.2, 0.25) is 10.0 Å². The van der Waals surface area contributed by atoms with Crippen LogP contribution in [-0.2, 0) is 6.54 Å². The second-order valence-electron chi connectivity index (χ2n) is 4.23. The largest absolute Gasteiger partial charge is 0.392 e. The summed E-state index contributed by atoms with van der Waals surface area (Å²) in [6, 6.07) is 5.55. The van der Waals surface area contributed by atoms with Gasteiger partial charge in [-0.15, -0.1) is 0 Å². The van der Waals surface area contributed by atoms with Crippen LogP contribution in [0.15, 0.2) is 18.2 Å². The van der Waals surface area contributed by atoms with Crippen molar-refractivity contribution >= 4 is 23.2 Å². The molecule has 0 radical (unpaired) electrons. The molecule has 0 amide bonds. The molecule has 0 saturated carbocycles. The number of benzene rings is 1. The molecule has 2 rings (SSSR count). The number of aliphatic hydroxyl groups is 1. The summed E-state index contributed by atoms with van der Waals surface area (Å²) < 4.78 is 0. The van der Waals surface area contributed by atoms with Crippen molar-refractivity contribution in [1.29, 1.82) is 0 Å². The highest BCUT2D eigenvalue weighted by Gasteiger charge is 2.19. The van der Waals surface area contributed by atoms with E-state index >= 15 is 0 Å². The number of hydrogen-bond acceptors (Lipinski definition) is 2. The maximum absolute atomic E-state index is 9.59. The average Bonchev–Trinajstić information content (AvgIpc) is 2.24. The number of rotatable bonds is 2. The molecule has 1 atom stereocenters. The van der Waals surface area contributed by atoms with Crippen LogP contribution in [0.25, 0.3) is 0 Å². The van der Waals surface area contributed by atoms with Crippen LogP contribution >= 0.6 is 23.2 Å². The van der Waals surface area contributed by atoms with E-state index in [-0.39, 0.29) is 6.10 Å². The Morgan fingerprint density at radius 3 is 2.62 bits per heavy atom. The molecule has 1 N–H and O–H groups in total. The fourth-order valence-electron chi connectivity index (χ4n) is 2.08. The Hall–Kier alpha value is -0.280. The zero-order valence-electron chi connectivity index (χ0n) is 9.00. The lowest BCUT2D eigenvalue weighted by molar-refractivity contribution is 0.0668. The van der Waals surface area contributed by atoms with Crippen molar-refractivity contribution in [2.75, 3.05) is 13.1 Å². The minimum Gasteiger partial charge on any atom is -0.392 e. The molecule has 88 valence electrons. The van der Waals surface area contributed by atoms with E-state index in [0.717, 1.165) is 31.5 Å². The zero-order valence-corrected chi connectivity index (χ0v) is 10.5. The van der Waals surface area contributed by atoms with Gasteiger partial charge in [-0.2, -0.15) is 0 Å². The summed E-state index contributed by atoms with van der Waals surface area (Å²) in [6.07, 6.45) is 1.71. The lowest BCUT2D eigenvalue weighted by atomic mass is 10.1. The summed E-state index contributed by atoms with van der Waals surface area (Å²) in [4.78, 5) is 2.20. The van der Waals surface area contributed by atoms with Crippen LogP contribution in [0.3, 0.4) is 0 Å². The third-order valence-electron chi connectivity index (χ3n) is 2.92. The summed E-state index contributed by atoms with van der Waals surface area (Å²) in [6.45, 7) is 2.43. The number of halogens is 2. The van der Waals surface area contributed by atoms with Gasteiger partial charge in [0.05, 0.1) is 6.10 Å². The van der Waals surface area contributed by atoms with Gasteiger partial charge in [0.15, 0.2) is 0 Å². The van der Waals surface area contributed by atoms with Gasteiger partial charge in [0, 0.05) is 28.7 Å². The van der Waals surface area contributed by atoms with Crippen LogP contribution < -0.4 is 0 Å². The molecule has 1 heterocycles. The van der Waals surface area contributed by atoms with Crippen molar-refractivity contribution in [3.63, 3.8) is 0 Å². The first-order chi connectivity index (χ1) is 7.66. The first kappa shape index (κ1) is 12.2. The van der Waals surface area contributed by atoms with Gasteiger partial charge in [-0.1, -0.05) is 29.3 Å². The molecule has 1 unspecified atom stereocenters. The Morgan fingerprint density at radius 2 is 2.00 bits per heavy atom. The molecular weight excluding hydrogens is 245 g/mol. The highest BCUT2D eigenvalue weighted by atomic mass is 35.5. The molecule has 2 nitrogen and oxygen atoms in total. The van der Waals surface area contributed by atoms with E-state index < -0.39 is 0 Å². The van der Waals surface area contributed by atoms with Crippen LogP contribution in [0.5, 0.6) is 0 Å². The molecule has 4 heteroatoms. The predicted octanol–water partition coefficient (Wildman–Crippen LogP) is 2.95. The molecule has 1 fully saturated rings. The molecule has 0 aliphatic carbocycles. The van der Waals surface area contributed by atoms with Gasteiger partial charge in [0.1, 0.15) is 0 Å². The topological polar surface area (TPSA) is 23.5 Å². The van der Waals surface area contributed by atoms with Crippen molar-refractivity contribution < 1.29 is 5.11 Å². The van der Waals surface area contributed by atoms with Crippen molar-refractivity contribution in [1.82, 2.24) is 4.90 Å². The van der Waals surface area contributed by atoms with Crippen molar-refractivity contribution in [3.8, 4) is 0 Å². The van der Waals surface area contributed by atoms with Crippen LogP contribution in [0.1, 0.15) is 18.4 Å². The number of nitrogens with zero attached hydrogens (tertiary/aromatic N) is 1. The second kappa shape index (κ2) is 5.37. The first-order valence-electron chi connectivity index (χ1n) is 5.50. The summed E-state index contributed by atoms with van der Waals surface area (Å²) >= 11 is 12.2. The lowest BCUT2D eigenvalue weighted by Crippen LogP contribution is -2.37. The Labute approximate surface area is 106 Å². The molecule has 16 heavy (non-hydrogen) atoms. The smallest absolute Gasteiger partial charge is 0.0667 e. The lowest BCUT2D eigenvalue weighted by Gasteiger charge is -2.30. The molecule has 1 aromatic rings. The summed E-state index contributed by atoms with van der Waals surface area (Å²) in [7, 11) is 0. The van der Waals surface area contributed by atoms with Gasteiger partial charge in [-0.3, -0.25) is 4.90 Å². The van der Waals surface area contributed by atoms with E-state index in [0.29, 0.717) is 16.6 Å². The highest BCUT2D eigenvalue weighted by Crippen LogP contribution is 2.26. The maximum Gasteiger partial charge on any atom is 0.0667 e. The van der Waals surface area contributed by atoms with Gasteiger partial charge in [-0.25, -0.2) is 0 Å². The van der Waals surface area contributed by atoms with E-state index in [1.807, 2.05) is 18.2 Å². The van der Waals surface area contributed by atoms with Gasteiger partial charge >= 0.3 is 0 Å². The molecule has 0 bridgehead atoms. The number of piperidine rings is 1. The second-order valence-corrected chi connectivity index (χ2v) is 5.05. The quantitative estimate of drug-likeness (QED) is 0.883. The van der Waals surface area contributed by atoms with Gasteiger partial charge in [-0.05, 0) is 31.5 Å². The van der Waals surface area contributed by atoms with E-state index in [1.54, 1.807) is 0 Å². The summed E-state index contributed by atoms with van der Waals surface area (Å²) in [5, 5.41) is 11.0. The molecule has 0 aromatic heterocycles. The van der Waals surface area contributed by atoms with Crippen molar-refractivity contribution in [2.24, 2.45) is 0 Å². The Bertz CT molecular complexity index is 350. The normalized spacial score (nSPS) is 22.3. The third kappa shape index (κ3) is 2.89. The van der Waals surface area contributed by atoms with E-state index in [9.17, 15) is 5.11 Å². The zero-order chi connectivity index (χ0) is 11.5. The van der Waals surface area contributed by atoms with E-state index in [2.05, 4.69) is 4.90 Å². The molecule has 1 aliphatic rings. The molecular formula is C12H15Cl2NO. The average molecular weight is 260 g/mol. The maximum atomic E-state index is 9.59. The standard InChI is InChI=1S/C12H15Cl2NO/c13-11-4-1-5-12(14)10(11)8-15-6-2-3-9(16)7-15/h1,4-5,9,16H,2-3,6-8H2. The fourth-order valence-corrected chi connectivity index (χ4v) is 2.60. The summed E-state index contributed by atoms with van der Waals surface area (Å²) in [5.74, 6) is 0. The number of aliphatic hydroxyl groups excluding tert-OH is 1. The van der Waals surface area contributed by atoms with Crippen LogP contribution in [0, 0.1) is 0 Å². The van der Waals surface area contributed by atoms with E-state index in [1.165, 1.54) is 0 Å². The predicted molar refractivity (Wildman–Crippen MR) is 67.0 cm³/mol. The van der Waals surface area contributed by atoms with Gasteiger partial charge in [0.25, 0.3) is 0 Å². The Morgan fingerprint density at radius 1 is 1.31 bits per heavy atom. The van der Waals surface area contributed by atoms with E-state index in [4.69, 9.17) is 23.2 Å². The number of hydrogen-bond donors (Lipinski definition) is 1. The number of likely N-dealkylation sites (tertiary alicyclic amines) is 1.